The Morgan fingerprint density at radius 1 is 1.15 bits per heavy atom. The van der Waals surface area contributed by atoms with Gasteiger partial charge in [0, 0.05) is 41.0 Å². The van der Waals surface area contributed by atoms with Gasteiger partial charge in [0.15, 0.2) is 5.82 Å². The lowest BCUT2D eigenvalue weighted by atomic mass is 9.98. The van der Waals surface area contributed by atoms with Crippen molar-refractivity contribution in [3.63, 3.8) is 0 Å². The van der Waals surface area contributed by atoms with Crippen LogP contribution in [0, 0.1) is 6.92 Å². The van der Waals surface area contributed by atoms with E-state index in [9.17, 15) is 13.6 Å². The molecule has 34 heavy (non-hydrogen) atoms. The number of carbonyl (C=O) groups is 1. The molecule has 1 atom stereocenters. The lowest BCUT2D eigenvalue weighted by Crippen LogP contribution is -2.47. The highest BCUT2D eigenvalue weighted by molar-refractivity contribution is 6.00. The first kappa shape index (κ1) is 23.9. The number of hydrogen-bond acceptors (Lipinski definition) is 5. The van der Waals surface area contributed by atoms with Crippen LogP contribution >= 0.6 is 0 Å². The number of aromatic nitrogens is 2. The van der Waals surface area contributed by atoms with Gasteiger partial charge in [-0.25, -0.2) is 13.6 Å². The first-order valence-electron chi connectivity index (χ1n) is 11.5. The summed E-state index contributed by atoms with van der Waals surface area (Å²) >= 11 is 0. The van der Waals surface area contributed by atoms with Crippen LogP contribution in [0.15, 0.2) is 42.5 Å². The van der Waals surface area contributed by atoms with Gasteiger partial charge >= 0.3 is 6.09 Å². The van der Waals surface area contributed by atoms with Crippen molar-refractivity contribution in [1.82, 2.24) is 15.1 Å². The number of nitrogens with one attached hydrogen (secondary N) is 1. The fraction of sp³-hybridized carbons (Fsp3) is 0.423. The molecule has 8 heteroatoms. The number of alkyl halides is 2. The molecule has 2 aromatic carbocycles. The molecule has 1 aliphatic rings. The summed E-state index contributed by atoms with van der Waals surface area (Å²) in [7, 11) is 0. The van der Waals surface area contributed by atoms with Crippen LogP contribution in [0.5, 0.6) is 0 Å². The number of likely N-dealkylation sites (tertiary alicyclic amines) is 1. The van der Waals surface area contributed by atoms with Gasteiger partial charge in [-0.3, -0.25) is 0 Å². The second kappa shape index (κ2) is 9.52. The number of amides is 1. The molecule has 0 bridgehead atoms. The number of carbonyl (C=O) groups excluding carboxylic acids is 1. The highest BCUT2D eigenvalue weighted by Gasteiger charge is 2.28. The van der Waals surface area contributed by atoms with Gasteiger partial charge in [0.1, 0.15) is 11.3 Å². The molecule has 2 heterocycles. The molecule has 1 saturated heterocycles. The zero-order valence-corrected chi connectivity index (χ0v) is 19.9. The molecule has 0 spiro atoms. The number of rotatable bonds is 4. The Morgan fingerprint density at radius 3 is 2.59 bits per heavy atom. The van der Waals surface area contributed by atoms with Crippen molar-refractivity contribution >= 4 is 22.7 Å². The van der Waals surface area contributed by atoms with E-state index in [2.05, 4.69) is 15.5 Å². The predicted molar refractivity (Wildman–Crippen MR) is 129 cm³/mol. The minimum absolute atomic E-state index is 0.0270. The van der Waals surface area contributed by atoms with Crippen molar-refractivity contribution < 1.29 is 18.3 Å². The van der Waals surface area contributed by atoms with E-state index >= 15 is 0 Å². The van der Waals surface area contributed by atoms with Gasteiger partial charge in [0.2, 0.25) is 0 Å². The third-order valence-electron chi connectivity index (χ3n) is 5.80. The van der Waals surface area contributed by atoms with E-state index < -0.39 is 12.0 Å². The third-order valence-corrected chi connectivity index (χ3v) is 5.80. The van der Waals surface area contributed by atoms with Crippen molar-refractivity contribution in [2.24, 2.45) is 0 Å². The van der Waals surface area contributed by atoms with Gasteiger partial charge in [-0.15, -0.1) is 10.2 Å². The number of fused-ring (bicyclic) bond motifs is 1. The van der Waals surface area contributed by atoms with Crippen LogP contribution in [-0.4, -0.2) is 45.9 Å². The minimum Gasteiger partial charge on any atom is -0.444 e. The van der Waals surface area contributed by atoms with Crippen molar-refractivity contribution in [1.29, 1.82) is 0 Å². The second-order valence-electron chi connectivity index (χ2n) is 9.74. The summed E-state index contributed by atoms with van der Waals surface area (Å²) in [5.74, 6) is 0.570. The molecule has 0 aliphatic carbocycles. The molecule has 1 aliphatic heterocycles. The summed E-state index contributed by atoms with van der Waals surface area (Å²) < 4.78 is 33.1. The lowest BCUT2D eigenvalue weighted by molar-refractivity contribution is 0.0206. The number of ether oxygens (including phenoxy) is 1. The average Bonchev–Trinajstić information content (AvgIpc) is 2.78. The van der Waals surface area contributed by atoms with Crippen LogP contribution < -0.4 is 5.32 Å². The van der Waals surface area contributed by atoms with Gasteiger partial charge in [-0.05, 0) is 46.6 Å². The van der Waals surface area contributed by atoms with Gasteiger partial charge in [-0.1, -0.05) is 42.0 Å². The number of piperidine rings is 1. The summed E-state index contributed by atoms with van der Waals surface area (Å²) in [5, 5.41) is 13.7. The Kier molecular flexibility index (Phi) is 6.68. The zero-order valence-electron chi connectivity index (χ0n) is 19.9. The maximum Gasteiger partial charge on any atom is 0.410 e. The largest absolute Gasteiger partial charge is 0.444 e. The summed E-state index contributed by atoms with van der Waals surface area (Å²) in [6.07, 6.45) is -1.25. The normalized spacial score (nSPS) is 16.7. The fourth-order valence-corrected chi connectivity index (χ4v) is 4.27. The van der Waals surface area contributed by atoms with E-state index in [1.165, 1.54) is 6.07 Å². The van der Waals surface area contributed by atoms with E-state index in [0.29, 0.717) is 30.2 Å². The van der Waals surface area contributed by atoms with Crippen LogP contribution in [0.2, 0.25) is 0 Å². The molecule has 0 saturated carbocycles. The average molecular weight is 469 g/mol. The van der Waals surface area contributed by atoms with Gasteiger partial charge in [0.05, 0.1) is 0 Å². The van der Waals surface area contributed by atoms with E-state index in [1.807, 2.05) is 45.0 Å². The number of nitrogens with zero attached hydrogens (tertiary/aromatic N) is 3. The third kappa shape index (κ3) is 5.26. The van der Waals surface area contributed by atoms with Gasteiger partial charge < -0.3 is 15.0 Å². The lowest BCUT2D eigenvalue weighted by Gasteiger charge is -2.34. The van der Waals surface area contributed by atoms with Gasteiger partial charge in [0.25, 0.3) is 6.43 Å². The standard InChI is InChI=1S/C26H30F2N4O2/c1-16-11-12-19(21(14-16)23(27)28)22-18-9-5-6-10-20(18)24(31-30-22)29-17-8-7-13-32(15-17)25(33)34-26(2,3)4/h5-6,9-12,14,17,23H,7-8,13,15H2,1-4H3,(H,29,31). The number of hydrogen-bond donors (Lipinski definition) is 1. The molecule has 0 radical (unpaired) electrons. The van der Waals surface area contributed by atoms with Crippen molar-refractivity contribution in [3.8, 4) is 11.3 Å². The Balaban J connectivity index is 1.63. The molecule has 1 amide bonds. The summed E-state index contributed by atoms with van der Waals surface area (Å²) in [4.78, 5) is 14.2. The highest BCUT2D eigenvalue weighted by Crippen LogP contribution is 2.36. The number of aryl methyl sites for hydroxylation is 1. The quantitative estimate of drug-likeness (QED) is 0.483. The van der Waals surface area contributed by atoms with Crippen LogP contribution in [0.25, 0.3) is 22.0 Å². The van der Waals surface area contributed by atoms with E-state index in [0.717, 1.165) is 29.2 Å². The van der Waals surface area contributed by atoms with Crippen LogP contribution in [-0.2, 0) is 4.74 Å². The minimum atomic E-state index is -2.62. The molecule has 6 nitrogen and oxygen atoms in total. The molecule has 1 fully saturated rings. The molecular formula is C26H30F2N4O2. The van der Waals surface area contributed by atoms with Crippen molar-refractivity contribution in [2.75, 3.05) is 18.4 Å². The zero-order chi connectivity index (χ0) is 24.5. The topological polar surface area (TPSA) is 67.4 Å². The Labute approximate surface area is 198 Å². The van der Waals surface area contributed by atoms with Gasteiger partial charge in [-0.2, -0.15) is 0 Å². The molecule has 3 aromatic rings. The number of benzene rings is 2. The molecule has 1 aromatic heterocycles. The SMILES string of the molecule is Cc1ccc(-c2nnc(NC3CCCN(C(=O)OC(C)(C)C)C3)c3ccccc23)c(C(F)F)c1. The van der Waals surface area contributed by atoms with Crippen LogP contribution in [0.4, 0.5) is 19.4 Å². The predicted octanol–water partition coefficient (Wildman–Crippen LogP) is 6.35. The van der Waals surface area contributed by atoms with E-state index in [4.69, 9.17) is 4.74 Å². The molecule has 4 rings (SSSR count). The van der Waals surface area contributed by atoms with E-state index in [-0.39, 0.29) is 17.7 Å². The second-order valence-corrected chi connectivity index (χ2v) is 9.74. The van der Waals surface area contributed by atoms with Crippen LogP contribution in [0.3, 0.4) is 0 Å². The smallest absolute Gasteiger partial charge is 0.410 e. The van der Waals surface area contributed by atoms with E-state index in [1.54, 1.807) is 24.0 Å². The monoisotopic (exact) mass is 468 g/mol. The maximum atomic E-state index is 13.8. The Bertz CT molecular complexity index is 1190. The molecule has 1 unspecified atom stereocenters. The van der Waals surface area contributed by atoms with Crippen molar-refractivity contribution in [2.45, 2.75) is 58.6 Å². The van der Waals surface area contributed by atoms with Crippen molar-refractivity contribution in [3.05, 3.63) is 53.6 Å². The number of halogens is 2. The Hall–Kier alpha value is -3.29. The highest BCUT2D eigenvalue weighted by atomic mass is 19.3. The first-order chi connectivity index (χ1) is 16.1. The first-order valence-corrected chi connectivity index (χ1v) is 11.5. The van der Waals surface area contributed by atoms with Crippen LogP contribution in [0.1, 0.15) is 51.2 Å². The maximum absolute atomic E-state index is 13.8. The summed E-state index contributed by atoms with van der Waals surface area (Å²) in [6.45, 7) is 8.46. The molecule has 180 valence electrons. The number of anilines is 1. The summed E-state index contributed by atoms with van der Waals surface area (Å²) in [6, 6.07) is 12.5. The molecular weight excluding hydrogens is 438 g/mol. The fourth-order valence-electron chi connectivity index (χ4n) is 4.27. The summed E-state index contributed by atoms with van der Waals surface area (Å²) in [5.41, 5.74) is 0.962. The molecule has 1 N–H and O–H groups in total. The Morgan fingerprint density at radius 2 is 1.88 bits per heavy atom.